The van der Waals surface area contributed by atoms with Crippen LogP contribution in [0.3, 0.4) is 0 Å². The van der Waals surface area contributed by atoms with Gasteiger partial charge in [-0.3, -0.25) is 14.6 Å². The molecule has 0 bridgehead atoms. The zero-order valence-electron chi connectivity index (χ0n) is 22.9. The number of anilines is 2. The van der Waals surface area contributed by atoms with Crippen molar-refractivity contribution in [2.45, 2.75) is 50.6 Å². The Bertz CT molecular complexity index is 1560. The Morgan fingerprint density at radius 3 is 2.66 bits per heavy atom. The number of halogens is 2. The highest BCUT2D eigenvalue weighted by atomic mass is 35.5. The molecule has 9 nitrogen and oxygen atoms in total. The van der Waals surface area contributed by atoms with Crippen molar-refractivity contribution in [3.63, 3.8) is 0 Å². The number of rotatable bonds is 6. The quantitative estimate of drug-likeness (QED) is 0.324. The third-order valence-electron chi connectivity index (χ3n) is 7.76. The maximum Gasteiger partial charge on any atom is 0.339 e. The lowest BCUT2D eigenvalue weighted by Crippen LogP contribution is -2.49. The smallest absolute Gasteiger partial charge is 0.339 e. The van der Waals surface area contributed by atoms with Gasteiger partial charge >= 0.3 is 5.97 Å². The van der Waals surface area contributed by atoms with Gasteiger partial charge in [0.2, 0.25) is 11.8 Å². The molecule has 4 atom stereocenters. The zero-order valence-corrected chi connectivity index (χ0v) is 23.7. The first-order valence-electron chi connectivity index (χ1n) is 13.1. The Kier molecular flexibility index (Phi) is 7.25. The summed E-state index contributed by atoms with van der Waals surface area (Å²) in [5, 5.41) is 18.4. The van der Waals surface area contributed by atoms with Crippen LogP contribution >= 0.6 is 11.6 Å². The fourth-order valence-corrected chi connectivity index (χ4v) is 6.35. The van der Waals surface area contributed by atoms with Crippen molar-refractivity contribution in [3.05, 3.63) is 82.4 Å². The van der Waals surface area contributed by atoms with Crippen LogP contribution in [0.5, 0.6) is 5.75 Å². The van der Waals surface area contributed by atoms with E-state index in [9.17, 15) is 19.5 Å². The molecule has 3 aromatic rings. The SMILES string of the molecule is COc1cc(NC(=O)[C@@H]2N[C@@H](CC(C)(C)C)[C@@]3(C(=O)Nc4ccncc43)[C@H]2c2cccc(Cl)c2F)ccc1C(=O)O. The molecule has 5 rings (SSSR count). The first-order valence-corrected chi connectivity index (χ1v) is 13.4. The number of carbonyl (C=O) groups excluding carboxylic acids is 2. The predicted molar refractivity (Wildman–Crippen MR) is 152 cm³/mol. The van der Waals surface area contributed by atoms with Crippen LogP contribution < -0.4 is 20.7 Å². The second-order valence-electron chi connectivity index (χ2n) is 11.5. The van der Waals surface area contributed by atoms with Gasteiger partial charge in [0, 0.05) is 47.4 Å². The van der Waals surface area contributed by atoms with Gasteiger partial charge in [-0.2, -0.15) is 0 Å². The second kappa shape index (κ2) is 10.4. The molecule has 0 saturated carbocycles. The van der Waals surface area contributed by atoms with E-state index in [-0.39, 0.29) is 38.9 Å². The minimum absolute atomic E-state index is 0.0596. The molecular formula is C30H30ClFN4O5. The standard InChI is InChI=1S/C30H30ClFN4O5/c1-29(2,3)13-22-30(18-14-33-11-10-20(18)35-28(30)40)23(17-6-5-7-19(31)24(17)32)25(36-22)26(37)34-15-8-9-16(27(38)39)21(12-15)41-4/h5-12,14,22-23,25,36H,13H2,1-4H3,(H,34,37)(H,35,40)(H,38,39)/t22-,23-,25+,30+/m0/s1. The summed E-state index contributed by atoms with van der Waals surface area (Å²) in [5.74, 6) is -3.76. The molecule has 1 saturated heterocycles. The predicted octanol–water partition coefficient (Wildman–Crippen LogP) is 4.97. The van der Waals surface area contributed by atoms with E-state index in [1.54, 1.807) is 30.6 Å². The van der Waals surface area contributed by atoms with Gasteiger partial charge in [0.1, 0.15) is 22.5 Å². The highest BCUT2D eigenvalue weighted by Gasteiger charge is 2.66. The topological polar surface area (TPSA) is 130 Å². The minimum Gasteiger partial charge on any atom is -0.496 e. The van der Waals surface area contributed by atoms with E-state index in [2.05, 4.69) is 20.9 Å². The monoisotopic (exact) mass is 580 g/mol. The van der Waals surface area contributed by atoms with Gasteiger partial charge < -0.3 is 25.8 Å². The average molecular weight is 581 g/mol. The van der Waals surface area contributed by atoms with Crippen LogP contribution in [0.25, 0.3) is 0 Å². The molecule has 0 unspecified atom stereocenters. The fraction of sp³-hybridized carbons (Fsp3) is 0.333. The molecule has 3 heterocycles. The number of fused-ring (bicyclic) bond motifs is 2. The largest absolute Gasteiger partial charge is 0.496 e. The number of carbonyl (C=O) groups is 3. The summed E-state index contributed by atoms with van der Waals surface area (Å²) >= 11 is 6.23. The summed E-state index contributed by atoms with van der Waals surface area (Å²) in [4.78, 5) is 44.0. The number of nitrogens with one attached hydrogen (secondary N) is 3. The van der Waals surface area contributed by atoms with E-state index in [0.717, 1.165) is 0 Å². The number of methoxy groups -OCH3 is 1. The normalized spacial score (nSPS) is 23.3. The molecule has 2 aliphatic rings. The van der Waals surface area contributed by atoms with Gasteiger partial charge in [0.15, 0.2) is 0 Å². The van der Waals surface area contributed by atoms with Crippen molar-refractivity contribution in [2.75, 3.05) is 17.7 Å². The number of amides is 2. The molecule has 1 fully saturated rings. The highest BCUT2D eigenvalue weighted by Crippen LogP contribution is 2.56. The maximum absolute atomic E-state index is 15.8. The third-order valence-corrected chi connectivity index (χ3v) is 8.05. The van der Waals surface area contributed by atoms with Crippen molar-refractivity contribution in [3.8, 4) is 5.75 Å². The van der Waals surface area contributed by atoms with E-state index < -0.39 is 41.1 Å². The van der Waals surface area contributed by atoms with E-state index in [0.29, 0.717) is 17.7 Å². The van der Waals surface area contributed by atoms with E-state index in [4.69, 9.17) is 16.3 Å². The summed E-state index contributed by atoms with van der Waals surface area (Å²) in [6, 6.07) is 8.72. The number of aromatic carboxylic acids is 1. The molecule has 11 heteroatoms. The van der Waals surface area contributed by atoms with Gasteiger partial charge in [-0.25, -0.2) is 9.18 Å². The number of hydrogen-bond donors (Lipinski definition) is 4. The molecule has 214 valence electrons. The first-order chi connectivity index (χ1) is 19.4. The fourth-order valence-electron chi connectivity index (χ4n) is 6.17. The van der Waals surface area contributed by atoms with Crippen molar-refractivity contribution < 1.29 is 28.6 Å². The van der Waals surface area contributed by atoms with Crippen molar-refractivity contribution in [2.24, 2.45) is 5.41 Å². The summed E-state index contributed by atoms with van der Waals surface area (Å²) in [7, 11) is 1.33. The van der Waals surface area contributed by atoms with Crippen molar-refractivity contribution >= 4 is 40.8 Å². The van der Waals surface area contributed by atoms with Gasteiger partial charge in [-0.1, -0.05) is 44.5 Å². The van der Waals surface area contributed by atoms with Crippen LogP contribution in [0.15, 0.2) is 54.9 Å². The minimum atomic E-state index is -1.39. The zero-order chi connectivity index (χ0) is 29.7. The average Bonchev–Trinajstić information content (AvgIpc) is 3.39. The van der Waals surface area contributed by atoms with Gasteiger partial charge in [0.25, 0.3) is 0 Å². The Morgan fingerprint density at radius 2 is 1.98 bits per heavy atom. The summed E-state index contributed by atoms with van der Waals surface area (Å²) in [6.45, 7) is 6.08. The van der Waals surface area contributed by atoms with Crippen LogP contribution in [-0.2, 0) is 15.0 Å². The first kappa shape index (κ1) is 28.5. The number of hydrogen-bond acceptors (Lipinski definition) is 6. The number of ether oxygens (including phenoxy) is 1. The summed E-state index contributed by atoms with van der Waals surface area (Å²) in [5.41, 5.74) is -0.234. The molecule has 2 aliphatic heterocycles. The Hall–Kier alpha value is -4.02. The number of pyridine rings is 1. The van der Waals surface area contributed by atoms with Crippen LogP contribution in [0.1, 0.15) is 54.6 Å². The summed E-state index contributed by atoms with van der Waals surface area (Å²) in [6.07, 6.45) is 3.63. The lowest BCUT2D eigenvalue weighted by atomic mass is 9.62. The number of carboxylic acid groups (broad SMARTS) is 1. The van der Waals surface area contributed by atoms with E-state index in [1.165, 1.54) is 31.4 Å². The van der Waals surface area contributed by atoms with Crippen molar-refractivity contribution in [1.29, 1.82) is 0 Å². The Labute approximate surface area is 241 Å². The molecule has 41 heavy (non-hydrogen) atoms. The van der Waals surface area contributed by atoms with Crippen LogP contribution in [0.2, 0.25) is 5.02 Å². The Morgan fingerprint density at radius 1 is 1.22 bits per heavy atom. The van der Waals surface area contributed by atoms with Crippen LogP contribution in [-0.4, -0.2) is 47.1 Å². The summed E-state index contributed by atoms with van der Waals surface area (Å²) < 4.78 is 21.0. The molecule has 0 radical (unpaired) electrons. The molecule has 2 amide bonds. The van der Waals surface area contributed by atoms with E-state index >= 15 is 4.39 Å². The lowest BCUT2D eigenvalue weighted by Gasteiger charge is -2.37. The number of benzene rings is 2. The third kappa shape index (κ3) is 4.81. The van der Waals surface area contributed by atoms with Gasteiger partial charge in [-0.05, 0) is 41.7 Å². The lowest BCUT2D eigenvalue weighted by molar-refractivity contribution is -0.122. The number of carboxylic acids is 1. The van der Waals surface area contributed by atoms with Crippen LogP contribution in [0, 0.1) is 11.2 Å². The molecule has 1 aromatic heterocycles. The molecule has 1 spiro atoms. The Balaban J connectivity index is 1.68. The highest BCUT2D eigenvalue weighted by molar-refractivity contribution is 6.30. The molecular weight excluding hydrogens is 551 g/mol. The number of nitrogens with zero attached hydrogens (tertiary/aromatic N) is 1. The maximum atomic E-state index is 15.8. The molecule has 2 aromatic carbocycles. The van der Waals surface area contributed by atoms with Gasteiger partial charge in [0.05, 0.1) is 18.2 Å². The molecule has 4 N–H and O–H groups in total. The van der Waals surface area contributed by atoms with Gasteiger partial charge in [-0.15, -0.1) is 0 Å². The molecule has 0 aliphatic carbocycles. The number of aromatic nitrogens is 1. The second-order valence-corrected chi connectivity index (χ2v) is 11.9. The van der Waals surface area contributed by atoms with E-state index in [1.807, 2.05) is 20.8 Å². The van der Waals surface area contributed by atoms with Crippen LogP contribution in [0.4, 0.5) is 15.8 Å². The van der Waals surface area contributed by atoms with Crippen molar-refractivity contribution in [1.82, 2.24) is 10.3 Å².